The molecule has 0 unspecified atom stereocenters. The number of ketones is 1. The van der Waals surface area contributed by atoms with Crippen LogP contribution in [-0.4, -0.2) is 18.8 Å². The molecule has 1 aromatic carbocycles. The van der Waals surface area contributed by atoms with Crippen LogP contribution >= 0.6 is 33.9 Å². The van der Waals surface area contributed by atoms with Crippen molar-refractivity contribution in [1.29, 1.82) is 0 Å². The zero-order valence-electron chi connectivity index (χ0n) is 12.8. The molecule has 4 nitrogen and oxygen atoms in total. The van der Waals surface area contributed by atoms with Crippen LogP contribution in [0.5, 0.6) is 0 Å². The Hall–Kier alpha value is -1.32. The third-order valence-electron chi connectivity index (χ3n) is 3.33. The summed E-state index contributed by atoms with van der Waals surface area (Å²) in [6.45, 7) is 3.16. The highest BCUT2D eigenvalue weighted by molar-refractivity contribution is 14.1. The van der Waals surface area contributed by atoms with E-state index in [4.69, 9.17) is 0 Å². The largest absolute Gasteiger partial charge is 0.294 e. The minimum Gasteiger partial charge on any atom is -0.294 e. The van der Waals surface area contributed by atoms with Gasteiger partial charge in [-0.25, -0.2) is 9.87 Å². The zero-order valence-corrected chi connectivity index (χ0v) is 15.8. The second kappa shape index (κ2) is 7.50. The Kier molecular flexibility index (Phi) is 5.88. The first-order chi connectivity index (χ1) is 10.8. The molecule has 23 heavy (non-hydrogen) atoms. The van der Waals surface area contributed by atoms with Crippen LogP contribution in [-0.2, 0) is 11.3 Å². The van der Waals surface area contributed by atoms with Crippen LogP contribution in [0.25, 0.3) is 0 Å². The Morgan fingerprint density at radius 3 is 2.65 bits per heavy atom. The molecule has 0 aliphatic heterocycles. The lowest BCUT2D eigenvalue weighted by molar-refractivity contribution is 0.0536. The average Bonchev–Trinajstić information content (AvgIpc) is 2.79. The summed E-state index contributed by atoms with van der Waals surface area (Å²) in [6, 6.07) is 4.94. The van der Waals surface area contributed by atoms with Gasteiger partial charge in [0.25, 0.3) is 5.91 Å². The van der Waals surface area contributed by atoms with Gasteiger partial charge in [-0.15, -0.1) is 11.3 Å². The highest BCUT2D eigenvalue weighted by Gasteiger charge is 2.23. The van der Waals surface area contributed by atoms with E-state index in [1.54, 1.807) is 19.1 Å². The van der Waals surface area contributed by atoms with Gasteiger partial charge in [0, 0.05) is 14.9 Å². The molecule has 0 saturated carbocycles. The number of hydroxylamine groups is 1. The van der Waals surface area contributed by atoms with Crippen molar-refractivity contribution in [2.24, 2.45) is 0 Å². The molecule has 0 aliphatic carbocycles. The fourth-order valence-electron chi connectivity index (χ4n) is 2.31. The quantitative estimate of drug-likeness (QED) is 0.430. The first-order valence-corrected chi connectivity index (χ1v) is 8.65. The van der Waals surface area contributed by atoms with E-state index in [-0.39, 0.29) is 18.0 Å². The summed E-state index contributed by atoms with van der Waals surface area (Å²) in [5.74, 6) is -0.881. The zero-order chi connectivity index (χ0) is 17.1. The summed E-state index contributed by atoms with van der Waals surface area (Å²) in [4.78, 5) is 29.8. The van der Waals surface area contributed by atoms with Crippen LogP contribution in [0.2, 0.25) is 0 Å². The Morgan fingerprint density at radius 1 is 1.39 bits per heavy atom. The minimum atomic E-state index is -0.435. The first kappa shape index (κ1) is 18.0. The van der Waals surface area contributed by atoms with Crippen LogP contribution in [0.3, 0.4) is 0 Å². The molecule has 1 N–H and O–H groups in total. The smallest absolute Gasteiger partial charge is 0.276 e. The molecule has 122 valence electrons. The SMILES string of the molecule is CONC(=O)c1c(Cc2ccc(I)cc2F)sc(C(C)=O)c1C. The molecule has 1 heterocycles. The lowest BCUT2D eigenvalue weighted by Gasteiger charge is -2.07. The van der Waals surface area contributed by atoms with Crippen molar-refractivity contribution in [3.63, 3.8) is 0 Å². The van der Waals surface area contributed by atoms with Crippen molar-refractivity contribution < 1.29 is 18.8 Å². The summed E-state index contributed by atoms with van der Waals surface area (Å²) in [5, 5.41) is 0. The van der Waals surface area contributed by atoms with E-state index in [2.05, 4.69) is 10.3 Å². The molecule has 0 bridgehead atoms. The highest BCUT2D eigenvalue weighted by Crippen LogP contribution is 2.31. The topological polar surface area (TPSA) is 55.4 Å². The number of amides is 1. The minimum absolute atomic E-state index is 0.117. The number of Topliss-reactive ketones (excluding diaryl/α,β-unsaturated/α-hetero) is 1. The number of nitrogens with one attached hydrogen (secondary N) is 1. The van der Waals surface area contributed by atoms with Gasteiger partial charge >= 0.3 is 0 Å². The van der Waals surface area contributed by atoms with E-state index in [0.717, 1.165) is 3.57 Å². The van der Waals surface area contributed by atoms with E-state index in [1.807, 2.05) is 22.6 Å². The molecular weight excluding hydrogens is 432 g/mol. The summed E-state index contributed by atoms with van der Waals surface area (Å²) < 4.78 is 14.9. The normalized spacial score (nSPS) is 10.7. The molecule has 0 fully saturated rings. The van der Waals surface area contributed by atoms with E-state index >= 15 is 0 Å². The molecule has 1 amide bonds. The first-order valence-electron chi connectivity index (χ1n) is 6.75. The second-order valence-electron chi connectivity index (χ2n) is 4.96. The molecular formula is C16H15FINO3S. The summed E-state index contributed by atoms with van der Waals surface area (Å²) in [6.07, 6.45) is 0.244. The number of halogens is 2. The van der Waals surface area contributed by atoms with Gasteiger partial charge in [-0.3, -0.25) is 14.4 Å². The molecule has 7 heteroatoms. The Labute approximate surface area is 151 Å². The van der Waals surface area contributed by atoms with Crippen molar-refractivity contribution in [2.45, 2.75) is 20.3 Å². The van der Waals surface area contributed by atoms with Crippen LogP contribution < -0.4 is 5.48 Å². The van der Waals surface area contributed by atoms with Crippen LogP contribution in [0.15, 0.2) is 18.2 Å². The highest BCUT2D eigenvalue weighted by atomic mass is 127. The van der Waals surface area contributed by atoms with E-state index in [0.29, 0.717) is 26.4 Å². The van der Waals surface area contributed by atoms with Gasteiger partial charge in [0.05, 0.1) is 17.6 Å². The number of rotatable bonds is 5. The summed E-state index contributed by atoms with van der Waals surface area (Å²) in [5.41, 5.74) is 3.72. The summed E-state index contributed by atoms with van der Waals surface area (Å²) >= 11 is 3.26. The molecule has 0 radical (unpaired) electrons. The molecule has 0 saturated heterocycles. The average molecular weight is 447 g/mol. The van der Waals surface area contributed by atoms with E-state index in [9.17, 15) is 14.0 Å². The maximum absolute atomic E-state index is 14.1. The second-order valence-corrected chi connectivity index (χ2v) is 7.31. The lowest BCUT2D eigenvalue weighted by atomic mass is 10.0. The fourth-order valence-corrected chi connectivity index (χ4v) is 3.99. The van der Waals surface area contributed by atoms with Crippen molar-refractivity contribution in [3.05, 3.63) is 54.0 Å². The Balaban J connectivity index is 2.49. The Morgan fingerprint density at radius 2 is 2.09 bits per heavy atom. The third kappa shape index (κ3) is 3.96. The molecule has 0 aliphatic rings. The summed E-state index contributed by atoms with van der Waals surface area (Å²) in [7, 11) is 1.34. The van der Waals surface area contributed by atoms with Crippen LogP contribution in [0.1, 0.15) is 43.0 Å². The van der Waals surface area contributed by atoms with Gasteiger partial charge in [-0.1, -0.05) is 6.07 Å². The Bertz CT molecular complexity index is 773. The molecule has 2 rings (SSSR count). The predicted molar refractivity (Wildman–Crippen MR) is 95.5 cm³/mol. The maximum atomic E-state index is 14.1. The number of benzene rings is 1. The van der Waals surface area contributed by atoms with Crippen LogP contribution in [0.4, 0.5) is 4.39 Å². The fraction of sp³-hybridized carbons (Fsp3) is 0.250. The third-order valence-corrected chi connectivity index (χ3v) is 5.39. The van der Waals surface area contributed by atoms with Crippen LogP contribution in [0, 0.1) is 16.3 Å². The van der Waals surface area contributed by atoms with Gasteiger partial charge in [0.2, 0.25) is 0 Å². The number of hydrogen-bond acceptors (Lipinski definition) is 4. The number of carbonyl (C=O) groups excluding carboxylic acids is 2. The standard InChI is InChI=1S/C16H15FINO3S/c1-8-14(16(21)19-22-3)13(23-15(8)9(2)20)6-10-4-5-11(18)7-12(10)17/h4-5,7H,6H2,1-3H3,(H,19,21). The maximum Gasteiger partial charge on any atom is 0.276 e. The number of carbonyl (C=O) groups is 2. The van der Waals surface area contributed by atoms with Crippen molar-refractivity contribution in [1.82, 2.24) is 5.48 Å². The molecule has 0 spiro atoms. The van der Waals surface area contributed by atoms with E-state index < -0.39 is 5.91 Å². The van der Waals surface area contributed by atoms with Crippen molar-refractivity contribution in [2.75, 3.05) is 7.11 Å². The van der Waals surface area contributed by atoms with E-state index in [1.165, 1.54) is 31.4 Å². The van der Waals surface area contributed by atoms with Gasteiger partial charge in [-0.2, -0.15) is 0 Å². The number of thiophene rings is 1. The van der Waals surface area contributed by atoms with Gasteiger partial charge in [0.1, 0.15) is 5.82 Å². The van der Waals surface area contributed by atoms with Gasteiger partial charge in [-0.05, 0) is 59.7 Å². The monoisotopic (exact) mass is 447 g/mol. The molecule has 0 atom stereocenters. The molecule has 1 aromatic heterocycles. The predicted octanol–water partition coefficient (Wildman–Crippen LogP) is 3.88. The number of hydrogen-bond donors (Lipinski definition) is 1. The molecule has 2 aromatic rings. The van der Waals surface area contributed by atoms with Gasteiger partial charge in [0.15, 0.2) is 5.78 Å². The lowest BCUT2D eigenvalue weighted by Crippen LogP contribution is -2.23. The van der Waals surface area contributed by atoms with Crippen molar-refractivity contribution in [3.8, 4) is 0 Å². The van der Waals surface area contributed by atoms with Crippen molar-refractivity contribution >= 4 is 45.6 Å². The van der Waals surface area contributed by atoms with Gasteiger partial charge < -0.3 is 0 Å².